The molecule has 0 spiro atoms. The Morgan fingerprint density at radius 1 is 0.971 bits per heavy atom. The number of aromatic nitrogens is 1. The zero-order valence-electron chi connectivity index (χ0n) is 19.7. The van der Waals surface area contributed by atoms with E-state index in [0.717, 1.165) is 27.9 Å². The Labute approximate surface area is 208 Å². The van der Waals surface area contributed by atoms with Crippen LogP contribution in [0.4, 0.5) is 10.1 Å². The van der Waals surface area contributed by atoms with E-state index < -0.39 is 5.25 Å². The van der Waals surface area contributed by atoms with Crippen molar-refractivity contribution in [3.05, 3.63) is 101 Å². The largest absolute Gasteiger partial charge is 0.325 e. The normalized spacial score (nSPS) is 11.5. The number of aryl methyl sites for hydroxylation is 2. The standard InChI is InChI=1S/C29H24FN3OS/c1-18-8-7-9-19(2)27(18)33-28(34)20(3)35-29-25(17-31)24(21-10-5-4-6-11-21)16-26(32-29)22-12-14-23(30)15-13-22/h4-16,20H,1-3H3,(H,33,34)/t20-/m0/s1. The molecule has 0 saturated heterocycles. The summed E-state index contributed by atoms with van der Waals surface area (Å²) in [6.07, 6.45) is 0. The number of hydrogen-bond donors (Lipinski definition) is 1. The molecule has 1 N–H and O–H groups in total. The van der Waals surface area contributed by atoms with Gasteiger partial charge in [-0.3, -0.25) is 4.79 Å². The maximum atomic E-state index is 13.5. The fourth-order valence-corrected chi connectivity index (χ4v) is 4.71. The average molecular weight is 482 g/mol. The number of halogens is 1. The smallest absolute Gasteiger partial charge is 0.237 e. The first-order valence-electron chi connectivity index (χ1n) is 11.2. The van der Waals surface area contributed by atoms with Gasteiger partial charge in [0.05, 0.1) is 16.5 Å². The topological polar surface area (TPSA) is 65.8 Å². The van der Waals surface area contributed by atoms with Gasteiger partial charge in [-0.25, -0.2) is 9.37 Å². The molecule has 1 atom stereocenters. The number of amides is 1. The van der Waals surface area contributed by atoms with Crippen molar-refractivity contribution in [2.45, 2.75) is 31.0 Å². The van der Waals surface area contributed by atoms with Crippen molar-refractivity contribution in [3.8, 4) is 28.5 Å². The van der Waals surface area contributed by atoms with Gasteiger partial charge in [0.2, 0.25) is 5.91 Å². The number of para-hydroxylation sites is 1. The summed E-state index contributed by atoms with van der Waals surface area (Å²) in [5, 5.41) is 13.0. The molecule has 174 valence electrons. The predicted octanol–water partition coefficient (Wildman–Crippen LogP) is 7.16. The molecule has 0 unspecified atom stereocenters. The average Bonchev–Trinajstić information content (AvgIpc) is 2.86. The third-order valence-corrected chi connectivity index (χ3v) is 6.80. The van der Waals surface area contributed by atoms with E-state index in [1.54, 1.807) is 19.1 Å². The van der Waals surface area contributed by atoms with Crippen molar-refractivity contribution in [2.24, 2.45) is 0 Å². The molecule has 6 heteroatoms. The van der Waals surface area contributed by atoms with Gasteiger partial charge in [-0.2, -0.15) is 5.26 Å². The lowest BCUT2D eigenvalue weighted by Crippen LogP contribution is -2.23. The Balaban J connectivity index is 1.74. The molecule has 0 saturated carbocycles. The maximum absolute atomic E-state index is 13.5. The Bertz CT molecular complexity index is 1390. The zero-order valence-corrected chi connectivity index (χ0v) is 20.5. The van der Waals surface area contributed by atoms with E-state index >= 15 is 0 Å². The molecule has 35 heavy (non-hydrogen) atoms. The van der Waals surface area contributed by atoms with Crippen LogP contribution in [0.25, 0.3) is 22.4 Å². The van der Waals surface area contributed by atoms with Crippen molar-refractivity contribution < 1.29 is 9.18 Å². The number of nitrogens with one attached hydrogen (secondary N) is 1. The number of anilines is 1. The van der Waals surface area contributed by atoms with Gasteiger partial charge in [0.15, 0.2) is 0 Å². The Hall–Kier alpha value is -3.95. The van der Waals surface area contributed by atoms with Gasteiger partial charge >= 0.3 is 0 Å². The number of rotatable bonds is 6. The van der Waals surface area contributed by atoms with Gasteiger partial charge in [-0.15, -0.1) is 0 Å². The lowest BCUT2D eigenvalue weighted by Gasteiger charge is -2.17. The van der Waals surface area contributed by atoms with Crippen LogP contribution in [0, 0.1) is 31.0 Å². The molecular formula is C29H24FN3OS. The first-order chi connectivity index (χ1) is 16.9. The van der Waals surface area contributed by atoms with Crippen molar-refractivity contribution >= 4 is 23.4 Å². The molecule has 4 nitrogen and oxygen atoms in total. The van der Waals surface area contributed by atoms with Crippen LogP contribution in [0.2, 0.25) is 0 Å². The van der Waals surface area contributed by atoms with Crippen molar-refractivity contribution in [1.82, 2.24) is 4.98 Å². The molecule has 1 aromatic heterocycles. The molecule has 4 aromatic rings. The summed E-state index contributed by atoms with van der Waals surface area (Å²) in [5.41, 5.74) is 6.07. The van der Waals surface area contributed by atoms with E-state index in [1.165, 1.54) is 23.9 Å². The van der Waals surface area contributed by atoms with Crippen LogP contribution < -0.4 is 5.32 Å². The third-order valence-electron chi connectivity index (χ3n) is 5.71. The Morgan fingerprint density at radius 3 is 2.26 bits per heavy atom. The zero-order chi connectivity index (χ0) is 24.9. The fourth-order valence-electron chi connectivity index (χ4n) is 3.79. The van der Waals surface area contributed by atoms with Gasteiger partial charge < -0.3 is 5.32 Å². The summed E-state index contributed by atoms with van der Waals surface area (Å²) in [6.45, 7) is 5.70. The number of nitriles is 1. The molecule has 1 heterocycles. The highest BCUT2D eigenvalue weighted by Gasteiger charge is 2.22. The minimum Gasteiger partial charge on any atom is -0.325 e. The van der Waals surface area contributed by atoms with Crippen LogP contribution in [0.3, 0.4) is 0 Å². The monoisotopic (exact) mass is 481 g/mol. The highest BCUT2D eigenvalue weighted by molar-refractivity contribution is 8.00. The van der Waals surface area contributed by atoms with E-state index in [0.29, 0.717) is 21.8 Å². The quantitative estimate of drug-likeness (QED) is 0.297. The minimum absolute atomic E-state index is 0.175. The summed E-state index contributed by atoms with van der Waals surface area (Å²) >= 11 is 1.23. The molecule has 0 bridgehead atoms. The Morgan fingerprint density at radius 2 is 1.63 bits per heavy atom. The van der Waals surface area contributed by atoms with Crippen LogP contribution in [-0.4, -0.2) is 16.1 Å². The number of hydrogen-bond acceptors (Lipinski definition) is 4. The van der Waals surface area contributed by atoms with E-state index in [4.69, 9.17) is 4.98 Å². The van der Waals surface area contributed by atoms with Gasteiger partial charge in [0.25, 0.3) is 0 Å². The minimum atomic E-state index is -0.513. The summed E-state index contributed by atoms with van der Waals surface area (Å²) in [6, 6.07) is 25.6. The first-order valence-corrected chi connectivity index (χ1v) is 12.1. The molecule has 1 amide bonds. The van der Waals surface area contributed by atoms with Crippen molar-refractivity contribution in [2.75, 3.05) is 5.32 Å². The molecule has 3 aromatic carbocycles. The number of pyridine rings is 1. The molecule has 0 radical (unpaired) electrons. The summed E-state index contributed by atoms with van der Waals surface area (Å²) in [7, 11) is 0. The van der Waals surface area contributed by atoms with Gasteiger partial charge in [0, 0.05) is 16.8 Å². The van der Waals surface area contributed by atoms with E-state index in [1.807, 2.05) is 68.4 Å². The van der Waals surface area contributed by atoms with Gasteiger partial charge in [-0.05, 0) is 67.8 Å². The highest BCUT2D eigenvalue weighted by atomic mass is 32.2. The molecular weight excluding hydrogens is 457 g/mol. The second kappa shape index (κ2) is 10.5. The van der Waals surface area contributed by atoms with E-state index in [2.05, 4.69) is 11.4 Å². The first kappa shape index (κ1) is 24.2. The number of benzene rings is 3. The second-order valence-corrected chi connectivity index (χ2v) is 9.57. The SMILES string of the molecule is Cc1cccc(C)c1NC(=O)[C@H](C)Sc1nc(-c2ccc(F)cc2)cc(-c2ccccc2)c1C#N. The second-order valence-electron chi connectivity index (χ2n) is 8.24. The number of thioether (sulfide) groups is 1. The third kappa shape index (κ3) is 5.42. The predicted molar refractivity (Wildman–Crippen MR) is 140 cm³/mol. The van der Waals surface area contributed by atoms with Crippen LogP contribution in [0.5, 0.6) is 0 Å². The molecule has 0 fully saturated rings. The fraction of sp³-hybridized carbons (Fsp3) is 0.138. The molecule has 0 aliphatic carbocycles. The summed E-state index contributed by atoms with van der Waals surface area (Å²) < 4.78 is 13.5. The highest BCUT2D eigenvalue weighted by Crippen LogP contribution is 2.36. The van der Waals surface area contributed by atoms with Crippen LogP contribution in [0.15, 0.2) is 83.9 Å². The summed E-state index contributed by atoms with van der Waals surface area (Å²) in [4.78, 5) is 17.8. The number of nitrogens with zero attached hydrogens (tertiary/aromatic N) is 2. The lowest BCUT2D eigenvalue weighted by molar-refractivity contribution is -0.115. The number of carbonyl (C=O) groups is 1. The lowest BCUT2D eigenvalue weighted by atomic mass is 9.99. The summed E-state index contributed by atoms with van der Waals surface area (Å²) in [5.74, 6) is -0.511. The maximum Gasteiger partial charge on any atom is 0.237 e. The van der Waals surface area contributed by atoms with Gasteiger partial charge in [-0.1, -0.05) is 60.3 Å². The molecule has 0 aliphatic rings. The van der Waals surface area contributed by atoms with Crippen molar-refractivity contribution in [3.63, 3.8) is 0 Å². The van der Waals surface area contributed by atoms with Crippen LogP contribution in [-0.2, 0) is 4.79 Å². The van der Waals surface area contributed by atoms with Gasteiger partial charge in [0.1, 0.15) is 16.9 Å². The molecule has 0 aliphatic heterocycles. The van der Waals surface area contributed by atoms with Crippen LogP contribution in [0.1, 0.15) is 23.6 Å². The van der Waals surface area contributed by atoms with Crippen molar-refractivity contribution in [1.29, 1.82) is 5.26 Å². The van der Waals surface area contributed by atoms with E-state index in [9.17, 15) is 14.4 Å². The molecule has 4 rings (SSSR count). The number of carbonyl (C=O) groups excluding carboxylic acids is 1. The Kier molecular flexibility index (Phi) is 7.28. The van der Waals surface area contributed by atoms with E-state index in [-0.39, 0.29) is 11.7 Å². The van der Waals surface area contributed by atoms with Crippen LogP contribution >= 0.6 is 11.8 Å².